The number of nitro benzene ring substituents is 1. The molecule has 0 spiro atoms. The molecular weight excluding hydrogens is 282 g/mol. The van der Waals surface area contributed by atoms with Crippen molar-refractivity contribution in [2.75, 3.05) is 30.4 Å². The van der Waals surface area contributed by atoms with Gasteiger partial charge >= 0.3 is 0 Å². The summed E-state index contributed by atoms with van der Waals surface area (Å²) in [6.45, 7) is 0.220. The van der Waals surface area contributed by atoms with Crippen LogP contribution in [-0.2, 0) is 4.79 Å². The van der Waals surface area contributed by atoms with Crippen molar-refractivity contribution in [2.45, 2.75) is 0 Å². The SMILES string of the molecule is CN(CC(=O)N(C)c1ccc([N+](=O)[O-])cc1)c1ccccc1. The molecule has 2 rings (SSSR count). The van der Waals surface area contributed by atoms with Crippen LogP contribution in [0.5, 0.6) is 0 Å². The Morgan fingerprint density at radius 1 is 1.00 bits per heavy atom. The molecule has 0 fully saturated rings. The number of benzene rings is 2. The lowest BCUT2D eigenvalue weighted by atomic mass is 10.2. The molecule has 0 radical (unpaired) electrons. The molecule has 2 aromatic carbocycles. The summed E-state index contributed by atoms with van der Waals surface area (Å²) in [5.41, 5.74) is 1.58. The third-order valence-corrected chi connectivity index (χ3v) is 3.39. The second kappa shape index (κ2) is 6.71. The zero-order chi connectivity index (χ0) is 16.1. The van der Waals surface area contributed by atoms with Gasteiger partial charge in [0.15, 0.2) is 0 Å². The summed E-state index contributed by atoms with van der Waals surface area (Å²) in [6, 6.07) is 15.5. The molecule has 0 atom stereocenters. The molecule has 0 saturated heterocycles. The van der Waals surface area contributed by atoms with Crippen LogP contribution in [0.4, 0.5) is 17.1 Å². The van der Waals surface area contributed by atoms with Crippen molar-refractivity contribution in [3.8, 4) is 0 Å². The van der Waals surface area contributed by atoms with E-state index in [1.54, 1.807) is 19.2 Å². The first kappa shape index (κ1) is 15.5. The molecule has 114 valence electrons. The first-order valence-electron chi connectivity index (χ1n) is 6.76. The molecule has 0 aliphatic rings. The number of nitrogens with zero attached hydrogens (tertiary/aromatic N) is 3. The number of likely N-dealkylation sites (N-methyl/N-ethyl adjacent to an activating group) is 2. The summed E-state index contributed by atoms with van der Waals surface area (Å²) < 4.78 is 0. The second-order valence-corrected chi connectivity index (χ2v) is 4.92. The number of anilines is 2. The van der Waals surface area contributed by atoms with E-state index in [-0.39, 0.29) is 18.1 Å². The minimum atomic E-state index is -0.464. The van der Waals surface area contributed by atoms with Crippen LogP contribution in [0.15, 0.2) is 54.6 Å². The molecule has 1 amide bonds. The van der Waals surface area contributed by atoms with Gasteiger partial charge < -0.3 is 9.80 Å². The van der Waals surface area contributed by atoms with Crippen LogP contribution in [0, 0.1) is 10.1 Å². The Labute approximate surface area is 128 Å². The fourth-order valence-electron chi connectivity index (χ4n) is 2.02. The number of carbonyl (C=O) groups is 1. The zero-order valence-electron chi connectivity index (χ0n) is 12.5. The molecule has 2 aromatic rings. The summed E-state index contributed by atoms with van der Waals surface area (Å²) >= 11 is 0. The largest absolute Gasteiger partial charge is 0.365 e. The van der Waals surface area contributed by atoms with Crippen molar-refractivity contribution >= 4 is 23.0 Å². The van der Waals surface area contributed by atoms with Crippen LogP contribution in [0.1, 0.15) is 0 Å². The highest BCUT2D eigenvalue weighted by Crippen LogP contribution is 2.19. The summed E-state index contributed by atoms with van der Waals surface area (Å²) in [5.74, 6) is -0.0970. The smallest absolute Gasteiger partial charge is 0.269 e. The fourth-order valence-corrected chi connectivity index (χ4v) is 2.02. The number of hydrogen-bond donors (Lipinski definition) is 0. The first-order chi connectivity index (χ1) is 10.5. The normalized spacial score (nSPS) is 10.1. The average molecular weight is 299 g/mol. The fraction of sp³-hybridized carbons (Fsp3) is 0.188. The predicted molar refractivity (Wildman–Crippen MR) is 86.2 cm³/mol. The van der Waals surface area contributed by atoms with Gasteiger partial charge in [-0.05, 0) is 24.3 Å². The van der Waals surface area contributed by atoms with Crippen LogP contribution >= 0.6 is 0 Å². The highest BCUT2D eigenvalue weighted by atomic mass is 16.6. The number of rotatable bonds is 5. The van der Waals surface area contributed by atoms with Gasteiger partial charge in [0, 0.05) is 37.6 Å². The number of non-ortho nitro benzene ring substituents is 1. The Morgan fingerprint density at radius 2 is 1.59 bits per heavy atom. The molecular formula is C16H17N3O3. The summed E-state index contributed by atoms with van der Waals surface area (Å²) in [6.07, 6.45) is 0. The van der Waals surface area contributed by atoms with Crippen molar-refractivity contribution in [1.29, 1.82) is 0 Å². The van der Waals surface area contributed by atoms with E-state index in [2.05, 4.69) is 0 Å². The summed E-state index contributed by atoms with van der Waals surface area (Å²) in [5, 5.41) is 10.6. The number of nitro groups is 1. The van der Waals surface area contributed by atoms with Gasteiger partial charge in [-0.2, -0.15) is 0 Å². The monoisotopic (exact) mass is 299 g/mol. The van der Waals surface area contributed by atoms with Crippen LogP contribution in [-0.4, -0.2) is 31.5 Å². The third-order valence-electron chi connectivity index (χ3n) is 3.39. The van der Waals surface area contributed by atoms with Gasteiger partial charge in [-0.3, -0.25) is 14.9 Å². The molecule has 0 bridgehead atoms. The number of hydrogen-bond acceptors (Lipinski definition) is 4. The molecule has 0 N–H and O–H groups in total. The number of amides is 1. The Morgan fingerprint density at radius 3 is 2.14 bits per heavy atom. The van der Waals surface area contributed by atoms with Crippen LogP contribution in [0.2, 0.25) is 0 Å². The van der Waals surface area contributed by atoms with E-state index >= 15 is 0 Å². The van der Waals surface area contributed by atoms with Gasteiger partial charge in [0.2, 0.25) is 5.91 Å². The molecule has 0 aliphatic heterocycles. The van der Waals surface area contributed by atoms with Gasteiger partial charge in [0.1, 0.15) is 0 Å². The Hall–Kier alpha value is -2.89. The van der Waals surface area contributed by atoms with E-state index in [9.17, 15) is 14.9 Å². The van der Waals surface area contributed by atoms with Crippen molar-refractivity contribution < 1.29 is 9.72 Å². The van der Waals surface area contributed by atoms with E-state index in [1.807, 2.05) is 42.3 Å². The van der Waals surface area contributed by atoms with E-state index < -0.39 is 4.92 Å². The second-order valence-electron chi connectivity index (χ2n) is 4.92. The molecule has 0 saturated carbocycles. The lowest BCUT2D eigenvalue weighted by Crippen LogP contribution is -2.36. The molecule has 0 unspecified atom stereocenters. The van der Waals surface area contributed by atoms with E-state index in [0.29, 0.717) is 5.69 Å². The van der Waals surface area contributed by atoms with Crippen LogP contribution in [0.25, 0.3) is 0 Å². The van der Waals surface area contributed by atoms with E-state index in [1.165, 1.54) is 17.0 Å². The summed E-state index contributed by atoms with van der Waals surface area (Å²) in [4.78, 5) is 25.8. The molecule has 0 heterocycles. The van der Waals surface area contributed by atoms with Gasteiger partial charge in [-0.25, -0.2) is 0 Å². The van der Waals surface area contributed by atoms with Gasteiger partial charge in [-0.15, -0.1) is 0 Å². The molecule has 22 heavy (non-hydrogen) atoms. The highest BCUT2D eigenvalue weighted by molar-refractivity contribution is 5.95. The minimum Gasteiger partial charge on any atom is -0.365 e. The topological polar surface area (TPSA) is 66.7 Å². The Balaban J connectivity index is 2.04. The Kier molecular flexibility index (Phi) is 4.73. The molecule has 6 heteroatoms. The predicted octanol–water partition coefficient (Wildman–Crippen LogP) is 2.69. The van der Waals surface area contributed by atoms with Crippen molar-refractivity contribution in [3.05, 3.63) is 64.7 Å². The minimum absolute atomic E-state index is 0.00556. The Bertz CT molecular complexity index is 656. The first-order valence-corrected chi connectivity index (χ1v) is 6.76. The maximum Gasteiger partial charge on any atom is 0.269 e. The number of carbonyl (C=O) groups excluding carboxylic acids is 1. The van der Waals surface area contributed by atoms with Crippen LogP contribution in [0.3, 0.4) is 0 Å². The van der Waals surface area contributed by atoms with Crippen molar-refractivity contribution in [3.63, 3.8) is 0 Å². The van der Waals surface area contributed by atoms with Crippen molar-refractivity contribution in [1.82, 2.24) is 0 Å². The highest BCUT2D eigenvalue weighted by Gasteiger charge is 2.15. The van der Waals surface area contributed by atoms with Crippen molar-refractivity contribution in [2.24, 2.45) is 0 Å². The molecule has 0 aliphatic carbocycles. The molecule has 0 aromatic heterocycles. The van der Waals surface area contributed by atoms with Gasteiger partial charge in [0.05, 0.1) is 11.5 Å². The van der Waals surface area contributed by atoms with E-state index in [0.717, 1.165) is 5.69 Å². The summed E-state index contributed by atoms with van der Waals surface area (Å²) in [7, 11) is 3.50. The maximum atomic E-state index is 12.3. The molecule has 6 nitrogen and oxygen atoms in total. The zero-order valence-corrected chi connectivity index (χ0v) is 12.5. The number of para-hydroxylation sites is 1. The van der Waals surface area contributed by atoms with Gasteiger partial charge in [0.25, 0.3) is 5.69 Å². The standard InChI is InChI=1S/C16H17N3O3/c1-17(13-6-4-3-5-7-13)12-16(20)18(2)14-8-10-15(11-9-14)19(21)22/h3-11H,12H2,1-2H3. The van der Waals surface area contributed by atoms with Gasteiger partial charge in [-0.1, -0.05) is 18.2 Å². The van der Waals surface area contributed by atoms with Crippen LogP contribution < -0.4 is 9.80 Å². The van der Waals surface area contributed by atoms with E-state index in [4.69, 9.17) is 0 Å². The maximum absolute atomic E-state index is 12.3. The lowest BCUT2D eigenvalue weighted by Gasteiger charge is -2.23. The quantitative estimate of drug-likeness (QED) is 0.629. The third kappa shape index (κ3) is 3.60. The average Bonchev–Trinajstić information content (AvgIpc) is 2.55. The lowest BCUT2D eigenvalue weighted by molar-refractivity contribution is -0.384.